The molecule has 0 bridgehead atoms. The van der Waals surface area contributed by atoms with Crippen LogP contribution < -0.4 is 5.32 Å². The van der Waals surface area contributed by atoms with E-state index < -0.39 is 5.54 Å². The van der Waals surface area contributed by atoms with E-state index in [2.05, 4.69) is 5.32 Å². The molecular weight excluding hydrogens is 388 g/mol. The van der Waals surface area contributed by atoms with Crippen molar-refractivity contribution in [2.45, 2.75) is 44.7 Å². The molecule has 1 N–H and O–H groups in total. The number of Topliss-reactive ketones (excluding diaryl/α,β-unsaturated/α-hetero) is 1. The van der Waals surface area contributed by atoms with E-state index >= 15 is 0 Å². The van der Waals surface area contributed by atoms with Gasteiger partial charge in [0.15, 0.2) is 5.78 Å². The SMILES string of the molecule is CC(=O)NCc1ccc(C(=O)N(C)C2(c3ccccc3Cl)CCCCC2=O)cc1. The van der Waals surface area contributed by atoms with Crippen LogP contribution in [0.3, 0.4) is 0 Å². The first kappa shape index (κ1) is 21.1. The molecule has 2 amide bonds. The fourth-order valence-corrected chi connectivity index (χ4v) is 4.28. The number of halogens is 1. The molecule has 3 rings (SSSR count). The highest BCUT2D eigenvalue weighted by molar-refractivity contribution is 6.31. The number of ketones is 1. The Morgan fingerprint density at radius 3 is 2.41 bits per heavy atom. The van der Waals surface area contributed by atoms with Gasteiger partial charge >= 0.3 is 0 Å². The summed E-state index contributed by atoms with van der Waals surface area (Å²) >= 11 is 6.46. The fourth-order valence-electron chi connectivity index (χ4n) is 3.99. The normalized spacial score (nSPS) is 18.9. The smallest absolute Gasteiger partial charge is 0.254 e. The van der Waals surface area contributed by atoms with Gasteiger partial charge in [-0.1, -0.05) is 41.9 Å². The summed E-state index contributed by atoms with van der Waals surface area (Å²) in [5, 5.41) is 3.22. The van der Waals surface area contributed by atoms with Crippen LogP contribution in [0, 0.1) is 0 Å². The lowest BCUT2D eigenvalue weighted by molar-refractivity contribution is -0.132. The molecule has 1 unspecified atom stereocenters. The molecule has 1 atom stereocenters. The largest absolute Gasteiger partial charge is 0.352 e. The van der Waals surface area contributed by atoms with Crippen LogP contribution in [0.25, 0.3) is 0 Å². The van der Waals surface area contributed by atoms with Crippen LogP contribution in [0.5, 0.6) is 0 Å². The van der Waals surface area contributed by atoms with Crippen molar-refractivity contribution in [3.63, 3.8) is 0 Å². The lowest BCUT2D eigenvalue weighted by atomic mass is 9.74. The number of hydrogen-bond donors (Lipinski definition) is 1. The van der Waals surface area contributed by atoms with Crippen molar-refractivity contribution in [2.75, 3.05) is 7.05 Å². The van der Waals surface area contributed by atoms with E-state index in [0.717, 1.165) is 18.4 Å². The minimum Gasteiger partial charge on any atom is -0.352 e. The van der Waals surface area contributed by atoms with Crippen molar-refractivity contribution in [1.29, 1.82) is 0 Å². The Morgan fingerprint density at radius 2 is 1.79 bits per heavy atom. The number of carbonyl (C=O) groups excluding carboxylic acids is 3. The van der Waals surface area contributed by atoms with Gasteiger partial charge < -0.3 is 10.2 Å². The topological polar surface area (TPSA) is 66.5 Å². The highest BCUT2D eigenvalue weighted by Crippen LogP contribution is 2.42. The van der Waals surface area contributed by atoms with Crippen molar-refractivity contribution < 1.29 is 14.4 Å². The van der Waals surface area contributed by atoms with Crippen molar-refractivity contribution in [2.24, 2.45) is 0 Å². The Morgan fingerprint density at radius 1 is 1.10 bits per heavy atom. The molecule has 0 heterocycles. The zero-order chi connectivity index (χ0) is 21.0. The first-order valence-corrected chi connectivity index (χ1v) is 10.1. The molecular formula is C23H25ClN2O3. The molecule has 152 valence electrons. The molecule has 5 nitrogen and oxygen atoms in total. The minimum absolute atomic E-state index is 0.0231. The van der Waals surface area contributed by atoms with E-state index in [0.29, 0.717) is 35.5 Å². The van der Waals surface area contributed by atoms with E-state index in [-0.39, 0.29) is 17.6 Å². The van der Waals surface area contributed by atoms with Crippen LogP contribution in [0.1, 0.15) is 54.1 Å². The third kappa shape index (κ3) is 4.20. The Labute approximate surface area is 176 Å². The number of nitrogens with zero attached hydrogens (tertiary/aromatic N) is 1. The average Bonchev–Trinajstić information content (AvgIpc) is 2.72. The summed E-state index contributed by atoms with van der Waals surface area (Å²) in [6.45, 7) is 1.86. The van der Waals surface area contributed by atoms with Crippen LogP contribution in [0.4, 0.5) is 0 Å². The first-order chi connectivity index (χ1) is 13.9. The molecule has 1 aliphatic rings. The van der Waals surface area contributed by atoms with Crippen LogP contribution in [-0.4, -0.2) is 29.5 Å². The standard InChI is InChI=1S/C23H25ClN2O3/c1-16(27)25-15-17-10-12-18(13-11-17)22(29)26(2)23(14-6-5-9-21(23)28)19-7-3-4-8-20(19)24/h3-4,7-8,10-13H,5-6,9,14-15H2,1-2H3,(H,25,27). The summed E-state index contributed by atoms with van der Waals surface area (Å²) in [5.74, 6) is -0.316. The Hall–Kier alpha value is -2.66. The second kappa shape index (κ2) is 8.78. The van der Waals surface area contributed by atoms with Gasteiger partial charge in [0.2, 0.25) is 5.91 Å². The van der Waals surface area contributed by atoms with Crippen molar-refractivity contribution in [1.82, 2.24) is 10.2 Å². The molecule has 2 aromatic carbocycles. The molecule has 2 aromatic rings. The Bertz CT molecular complexity index is 926. The lowest BCUT2D eigenvalue weighted by Crippen LogP contribution is -2.54. The molecule has 29 heavy (non-hydrogen) atoms. The number of amides is 2. The van der Waals surface area contributed by atoms with Gasteiger partial charge in [-0.2, -0.15) is 0 Å². The van der Waals surface area contributed by atoms with Gasteiger partial charge in [0.25, 0.3) is 5.91 Å². The predicted octanol–water partition coefficient (Wildman–Crippen LogP) is 4.09. The summed E-state index contributed by atoms with van der Waals surface area (Å²) in [4.78, 5) is 39.1. The quantitative estimate of drug-likeness (QED) is 0.804. The maximum atomic E-state index is 13.3. The zero-order valence-electron chi connectivity index (χ0n) is 16.7. The molecule has 1 aliphatic carbocycles. The number of benzene rings is 2. The third-order valence-electron chi connectivity index (χ3n) is 5.59. The van der Waals surface area contributed by atoms with Crippen LogP contribution in [0.2, 0.25) is 5.02 Å². The van der Waals surface area contributed by atoms with Gasteiger partial charge in [0.1, 0.15) is 5.54 Å². The second-order valence-corrected chi connectivity index (χ2v) is 7.85. The summed E-state index contributed by atoms with van der Waals surface area (Å²) < 4.78 is 0. The van der Waals surface area contributed by atoms with Gasteiger partial charge in [-0.05, 0) is 43.0 Å². The first-order valence-electron chi connectivity index (χ1n) is 9.76. The van der Waals surface area contributed by atoms with E-state index in [1.165, 1.54) is 6.92 Å². The Balaban J connectivity index is 1.93. The van der Waals surface area contributed by atoms with Crippen LogP contribution in [0.15, 0.2) is 48.5 Å². The van der Waals surface area contributed by atoms with E-state index in [1.54, 1.807) is 30.1 Å². The van der Waals surface area contributed by atoms with Gasteiger partial charge in [0.05, 0.1) is 0 Å². The van der Waals surface area contributed by atoms with E-state index in [4.69, 9.17) is 11.6 Å². The summed E-state index contributed by atoms with van der Waals surface area (Å²) in [6.07, 6.45) is 2.66. The highest BCUT2D eigenvalue weighted by atomic mass is 35.5. The summed E-state index contributed by atoms with van der Waals surface area (Å²) in [5.41, 5.74) is 1.02. The van der Waals surface area contributed by atoms with Crippen LogP contribution >= 0.6 is 11.6 Å². The monoisotopic (exact) mass is 412 g/mol. The second-order valence-electron chi connectivity index (χ2n) is 7.44. The van der Waals surface area contributed by atoms with Crippen molar-refractivity contribution in [3.05, 3.63) is 70.2 Å². The lowest BCUT2D eigenvalue weighted by Gasteiger charge is -2.44. The maximum Gasteiger partial charge on any atom is 0.254 e. The number of nitrogens with one attached hydrogen (secondary N) is 1. The Kier molecular flexibility index (Phi) is 6.38. The average molecular weight is 413 g/mol. The van der Waals surface area contributed by atoms with Crippen molar-refractivity contribution in [3.8, 4) is 0 Å². The summed E-state index contributed by atoms with van der Waals surface area (Å²) in [6, 6.07) is 14.3. The molecule has 1 fully saturated rings. The number of carbonyl (C=O) groups is 3. The van der Waals surface area contributed by atoms with Gasteiger partial charge in [-0.15, -0.1) is 0 Å². The number of hydrogen-bond acceptors (Lipinski definition) is 3. The fraction of sp³-hybridized carbons (Fsp3) is 0.348. The summed E-state index contributed by atoms with van der Waals surface area (Å²) in [7, 11) is 1.68. The van der Waals surface area contributed by atoms with Crippen LogP contribution in [-0.2, 0) is 21.7 Å². The molecule has 0 radical (unpaired) electrons. The van der Waals surface area contributed by atoms with Crippen molar-refractivity contribution >= 4 is 29.2 Å². The van der Waals surface area contributed by atoms with Gasteiger partial charge in [-0.25, -0.2) is 0 Å². The highest BCUT2D eigenvalue weighted by Gasteiger charge is 2.48. The third-order valence-corrected chi connectivity index (χ3v) is 5.92. The predicted molar refractivity (Wildman–Crippen MR) is 113 cm³/mol. The van der Waals surface area contributed by atoms with Gasteiger partial charge in [-0.3, -0.25) is 14.4 Å². The number of rotatable bonds is 5. The number of likely N-dealkylation sites (N-methyl/N-ethyl adjacent to an activating group) is 1. The molecule has 0 saturated heterocycles. The van der Waals surface area contributed by atoms with E-state index in [1.807, 2.05) is 30.3 Å². The minimum atomic E-state index is -1.05. The zero-order valence-corrected chi connectivity index (χ0v) is 17.5. The molecule has 0 aromatic heterocycles. The van der Waals surface area contributed by atoms with E-state index in [9.17, 15) is 14.4 Å². The van der Waals surface area contributed by atoms with Gasteiger partial charge in [0, 0.05) is 43.1 Å². The molecule has 1 saturated carbocycles. The maximum absolute atomic E-state index is 13.3. The molecule has 6 heteroatoms. The molecule has 0 aliphatic heterocycles. The molecule has 0 spiro atoms.